The third-order valence-corrected chi connectivity index (χ3v) is 2.58. The van der Waals surface area contributed by atoms with Gasteiger partial charge in [-0.15, -0.1) is 0 Å². The fourth-order valence-electron chi connectivity index (χ4n) is 1.14. The summed E-state index contributed by atoms with van der Waals surface area (Å²) in [6.07, 6.45) is 0.840. The molecule has 0 aromatic rings. The van der Waals surface area contributed by atoms with Crippen LogP contribution in [0, 0.1) is 0 Å². The predicted molar refractivity (Wildman–Crippen MR) is 61.6 cm³/mol. The maximum atomic E-state index is 11.5. The first-order valence-electron chi connectivity index (χ1n) is 5.61. The van der Waals surface area contributed by atoms with E-state index in [1.165, 1.54) is 0 Å². The van der Waals surface area contributed by atoms with Gasteiger partial charge in [0, 0.05) is 18.6 Å². The zero-order valence-corrected chi connectivity index (χ0v) is 10.4. The first kappa shape index (κ1) is 14.4. The summed E-state index contributed by atoms with van der Waals surface area (Å²) in [5.74, 6) is 0.0342. The van der Waals surface area contributed by atoms with Crippen LogP contribution in [0.5, 0.6) is 0 Å². The van der Waals surface area contributed by atoms with Crippen LogP contribution < -0.4 is 5.73 Å². The van der Waals surface area contributed by atoms with Gasteiger partial charge in [0.1, 0.15) is 6.61 Å². The molecule has 0 radical (unpaired) electrons. The van der Waals surface area contributed by atoms with Gasteiger partial charge in [0.25, 0.3) is 0 Å². The second kappa shape index (κ2) is 6.80. The highest BCUT2D eigenvalue weighted by Gasteiger charge is 2.17. The van der Waals surface area contributed by atoms with Crippen LogP contribution in [0.4, 0.5) is 0 Å². The van der Waals surface area contributed by atoms with E-state index in [4.69, 9.17) is 10.5 Å². The third kappa shape index (κ3) is 5.74. The fraction of sp³-hybridized carbons (Fsp3) is 0.909. The molecule has 1 unspecified atom stereocenters. The maximum Gasteiger partial charge on any atom is 0.248 e. The van der Waals surface area contributed by atoms with Crippen molar-refractivity contribution in [2.75, 3.05) is 26.3 Å². The molecule has 0 rings (SSSR count). The molecule has 0 aromatic heterocycles. The van der Waals surface area contributed by atoms with Crippen LogP contribution in [0.2, 0.25) is 0 Å². The molecular formula is C11H24N2O2. The van der Waals surface area contributed by atoms with Gasteiger partial charge in [-0.05, 0) is 27.2 Å². The minimum absolute atomic E-state index is 0.0342. The highest BCUT2D eigenvalue weighted by atomic mass is 16.5. The van der Waals surface area contributed by atoms with Crippen molar-refractivity contribution >= 4 is 5.91 Å². The van der Waals surface area contributed by atoms with Crippen molar-refractivity contribution in [1.29, 1.82) is 0 Å². The predicted octanol–water partition coefficient (Wildman–Crippen LogP) is 0.999. The van der Waals surface area contributed by atoms with E-state index >= 15 is 0 Å². The van der Waals surface area contributed by atoms with Crippen LogP contribution in [0.15, 0.2) is 0 Å². The summed E-state index contributed by atoms with van der Waals surface area (Å²) < 4.78 is 5.32. The summed E-state index contributed by atoms with van der Waals surface area (Å²) in [4.78, 5) is 13.3. The van der Waals surface area contributed by atoms with Gasteiger partial charge in [-0.2, -0.15) is 0 Å². The molecule has 0 saturated heterocycles. The number of hydrogen-bond donors (Lipinski definition) is 1. The Morgan fingerprint density at radius 1 is 1.33 bits per heavy atom. The van der Waals surface area contributed by atoms with Crippen molar-refractivity contribution in [1.82, 2.24) is 4.90 Å². The Kier molecular flexibility index (Phi) is 6.52. The summed E-state index contributed by atoms with van der Waals surface area (Å²) in [7, 11) is 0. The van der Waals surface area contributed by atoms with Crippen LogP contribution in [-0.2, 0) is 9.53 Å². The Balaban J connectivity index is 3.81. The molecule has 2 N–H and O–H groups in total. The quantitative estimate of drug-likeness (QED) is 0.690. The molecule has 0 bridgehead atoms. The molecule has 0 aliphatic heterocycles. The molecular weight excluding hydrogens is 192 g/mol. The van der Waals surface area contributed by atoms with Crippen LogP contribution in [0.1, 0.15) is 34.1 Å². The minimum Gasteiger partial charge on any atom is -0.370 e. The molecule has 0 aromatic carbocycles. The normalized spacial score (nSPS) is 14.7. The summed E-state index contributed by atoms with van der Waals surface area (Å²) in [5, 5.41) is 0. The van der Waals surface area contributed by atoms with E-state index in [1.807, 2.05) is 27.7 Å². The maximum absolute atomic E-state index is 11.5. The van der Waals surface area contributed by atoms with Crippen molar-refractivity contribution < 1.29 is 9.53 Å². The zero-order chi connectivity index (χ0) is 11.9. The van der Waals surface area contributed by atoms with Crippen LogP contribution >= 0.6 is 0 Å². The highest BCUT2D eigenvalue weighted by molar-refractivity contribution is 5.77. The van der Waals surface area contributed by atoms with Crippen molar-refractivity contribution in [2.24, 2.45) is 5.73 Å². The zero-order valence-electron chi connectivity index (χ0n) is 10.4. The van der Waals surface area contributed by atoms with Gasteiger partial charge < -0.3 is 15.4 Å². The third-order valence-electron chi connectivity index (χ3n) is 2.58. The molecule has 1 atom stereocenters. The molecule has 0 fully saturated rings. The smallest absolute Gasteiger partial charge is 0.248 e. The molecule has 0 heterocycles. The molecule has 90 valence electrons. The Bertz CT molecular complexity index is 189. The van der Waals surface area contributed by atoms with Crippen LogP contribution in [0.25, 0.3) is 0 Å². The van der Waals surface area contributed by atoms with E-state index < -0.39 is 0 Å². The first-order chi connectivity index (χ1) is 6.96. The minimum atomic E-state index is -0.330. The number of nitrogens with two attached hydrogens (primary N) is 1. The lowest BCUT2D eigenvalue weighted by atomic mass is 10.0. The highest BCUT2D eigenvalue weighted by Crippen LogP contribution is 2.04. The van der Waals surface area contributed by atoms with E-state index in [-0.39, 0.29) is 18.1 Å². The number of amides is 1. The van der Waals surface area contributed by atoms with Gasteiger partial charge in [-0.1, -0.05) is 6.92 Å². The first-order valence-corrected chi connectivity index (χ1v) is 5.61. The van der Waals surface area contributed by atoms with Gasteiger partial charge in [0.05, 0.1) is 6.61 Å². The number of ether oxygens (including phenoxy) is 1. The molecule has 1 amide bonds. The Hall–Kier alpha value is -0.610. The van der Waals surface area contributed by atoms with E-state index in [1.54, 1.807) is 4.90 Å². The Morgan fingerprint density at radius 2 is 1.87 bits per heavy atom. The van der Waals surface area contributed by atoms with Crippen molar-refractivity contribution in [3.8, 4) is 0 Å². The van der Waals surface area contributed by atoms with E-state index in [0.29, 0.717) is 6.61 Å². The van der Waals surface area contributed by atoms with Crippen molar-refractivity contribution in [3.05, 3.63) is 0 Å². The average molecular weight is 216 g/mol. The Labute approximate surface area is 92.8 Å². The van der Waals surface area contributed by atoms with Crippen LogP contribution in [0.3, 0.4) is 0 Å². The summed E-state index contributed by atoms with van der Waals surface area (Å²) in [6.45, 7) is 9.87. The molecule has 4 heteroatoms. The second-order valence-corrected chi connectivity index (χ2v) is 4.07. The number of rotatable bonds is 7. The number of carbonyl (C=O) groups is 1. The van der Waals surface area contributed by atoms with E-state index in [0.717, 1.165) is 19.5 Å². The molecule has 0 saturated carbocycles. The molecule has 15 heavy (non-hydrogen) atoms. The number of carbonyl (C=O) groups excluding carboxylic acids is 1. The summed E-state index contributed by atoms with van der Waals surface area (Å²) in [6, 6.07) is 0. The van der Waals surface area contributed by atoms with Crippen LogP contribution in [-0.4, -0.2) is 42.6 Å². The molecule has 0 spiro atoms. The van der Waals surface area contributed by atoms with Crippen molar-refractivity contribution in [2.45, 2.75) is 39.7 Å². The van der Waals surface area contributed by atoms with Crippen molar-refractivity contribution in [3.63, 3.8) is 0 Å². The van der Waals surface area contributed by atoms with Gasteiger partial charge in [-0.25, -0.2) is 0 Å². The lowest BCUT2D eigenvalue weighted by molar-refractivity contribution is -0.136. The summed E-state index contributed by atoms with van der Waals surface area (Å²) >= 11 is 0. The fourth-order valence-corrected chi connectivity index (χ4v) is 1.14. The Morgan fingerprint density at radius 3 is 2.27 bits per heavy atom. The number of hydrogen-bond acceptors (Lipinski definition) is 3. The number of nitrogens with zero attached hydrogens (tertiary/aromatic N) is 1. The monoisotopic (exact) mass is 216 g/mol. The van der Waals surface area contributed by atoms with Gasteiger partial charge in [0.2, 0.25) is 5.91 Å². The molecule has 0 aliphatic rings. The standard InChI is InChI=1S/C11H24N2O2/c1-5-11(4,12)9-15-8-10(14)13(6-2)7-3/h5-9,12H2,1-4H3. The molecule has 4 nitrogen and oxygen atoms in total. The van der Waals surface area contributed by atoms with Gasteiger partial charge in [-0.3, -0.25) is 4.79 Å². The lowest BCUT2D eigenvalue weighted by Crippen LogP contribution is -2.42. The topological polar surface area (TPSA) is 55.6 Å². The number of likely N-dealkylation sites (N-methyl/N-ethyl adjacent to an activating group) is 1. The average Bonchev–Trinajstić information content (AvgIpc) is 2.19. The van der Waals surface area contributed by atoms with Gasteiger partial charge in [0.15, 0.2) is 0 Å². The van der Waals surface area contributed by atoms with E-state index in [9.17, 15) is 4.79 Å². The SMILES string of the molecule is CCN(CC)C(=O)COCC(C)(N)CC. The second-order valence-electron chi connectivity index (χ2n) is 4.07. The van der Waals surface area contributed by atoms with E-state index in [2.05, 4.69) is 0 Å². The summed E-state index contributed by atoms with van der Waals surface area (Å²) in [5.41, 5.74) is 5.56. The lowest BCUT2D eigenvalue weighted by Gasteiger charge is -2.23. The molecule has 0 aliphatic carbocycles. The largest absolute Gasteiger partial charge is 0.370 e. The van der Waals surface area contributed by atoms with Gasteiger partial charge >= 0.3 is 0 Å².